The molecule has 0 spiro atoms. The van der Waals surface area contributed by atoms with Crippen molar-refractivity contribution in [3.05, 3.63) is 23.5 Å². The second-order valence-corrected chi connectivity index (χ2v) is 9.21. The van der Waals surface area contributed by atoms with E-state index in [0.717, 1.165) is 31.1 Å². The Morgan fingerprint density at radius 1 is 1.39 bits per heavy atom. The SMILES string of the molecule is CCC[C@H](O)C1C(C2CC[C@](O)(C(=O)O)C2)CCC2=CC(=O)/C(=C\O)C[C@@]21C. The fourth-order valence-electron chi connectivity index (χ4n) is 6.12. The van der Waals surface area contributed by atoms with E-state index in [4.69, 9.17) is 0 Å². The molecule has 6 heteroatoms. The highest BCUT2D eigenvalue weighted by Crippen LogP contribution is 2.59. The van der Waals surface area contributed by atoms with Gasteiger partial charge in [0.05, 0.1) is 12.4 Å². The number of carbonyl (C=O) groups is 2. The van der Waals surface area contributed by atoms with Crippen molar-refractivity contribution in [3.63, 3.8) is 0 Å². The molecule has 6 atom stereocenters. The van der Waals surface area contributed by atoms with E-state index < -0.39 is 23.1 Å². The largest absolute Gasteiger partial charge is 0.515 e. The highest BCUT2D eigenvalue weighted by atomic mass is 16.4. The predicted octanol–water partition coefficient (Wildman–Crippen LogP) is 3.14. The number of hydrogen-bond acceptors (Lipinski definition) is 5. The minimum absolute atomic E-state index is 0.0233. The summed E-state index contributed by atoms with van der Waals surface area (Å²) in [5, 5.41) is 40.5. The smallest absolute Gasteiger partial charge is 0.335 e. The zero-order valence-corrected chi connectivity index (χ0v) is 16.7. The highest BCUT2D eigenvalue weighted by Gasteiger charge is 2.55. The van der Waals surface area contributed by atoms with Crippen LogP contribution in [0.2, 0.25) is 0 Å². The summed E-state index contributed by atoms with van der Waals surface area (Å²) >= 11 is 0. The van der Waals surface area contributed by atoms with Gasteiger partial charge in [0.15, 0.2) is 11.4 Å². The Balaban J connectivity index is 1.97. The third-order valence-corrected chi connectivity index (χ3v) is 7.54. The zero-order chi connectivity index (χ0) is 20.7. The number of aliphatic carboxylic acids is 1. The van der Waals surface area contributed by atoms with Crippen molar-refractivity contribution in [1.29, 1.82) is 0 Å². The lowest BCUT2D eigenvalue weighted by Crippen LogP contribution is -2.49. The van der Waals surface area contributed by atoms with E-state index in [2.05, 4.69) is 6.92 Å². The number of aliphatic hydroxyl groups is 3. The highest BCUT2D eigenvalue weighted by molar-refractivity contribution is 6.05. The summed E-state index contributed by atoms with van der Waals surface area (Å²) in [6.07, 6.45) is 6.33. The Morgan fingerprint density at radius 3 is 2.68 bits per heavy atom. The standard InChI is InChI=1S/C22H32O6/c1-3-4-17(24)19-16(13-7-8-22(28,11-13)20(26)27)6-5-15-9-18(25)14(12-23)10-21(15,19)2/h9,12-13,16-17,19,23-24,28H,3-8,10-11H2,1-2H3,(H,26,27)/b14-12-/t13?,16?,17-,19?,21-,22+/m0/s1. The Morgan fingerprint density at radius 2 is 2.11 bits per heavy atom. The first kappa shape index (κ1) is 21.1. The van der Waals surface area contributed by atoms with Crippen LogP contribution in [0.4, 0.5) is 0 Å². The molecule has 0 aliphatic heterocycles. The molecule has 0 saturated heterocycles. The van der Waals surface area contributed by atoms with Gasteiger partial charge in [-0.3, -0.25) is 4.79 Å². The molecule has 2 saturated carbocycles. The fraction of sp³-hybridized carbons (Fsp3) is 0.727. The molecule has 0 radical (unpaired) electrons. The van der Waals surface area contributed by atoms with E-state index in [1.165, 1.54) is 0 Å². The fourth-order valence-corrected chi connectivity index (χ4v) is 6.12. The monoisotopic (exact) mass is 392 g/mol. The van der Waals surface area contributed by atoms with Crippen molar-refractivity contribution in [3.8, 4) is 0 Å². The number of hydrogen-bond donors (Lipinski definition) is 4. The summed E-state index contributed by atoms with van der Waals surface area (Å²) in [5.74, 6) is -1.38. The number of ketones is 1. The first-order valence-corrected chi connectivity index (χ1v) is 10.4. The van der Waals surface area contributed by atoms with Crippen LogP contribution in [0.25, 0.3) is 0 Å². The van der Waals surface area contributed by atoms with Crippen molar-refractivity contribution < 1.29 is 30.0 Å². The van der Waals surface area contributed by atoms with Gasteiger partial charge in [0.25, 0.3) is 0 Å². The second-order valence-electron chi connectivity index (χ2n) is 9.21. The van der Waals surface area contributed by atoms with E-state index in [1.807, 2.05) is 6.92 Å². The molecule has 0 aromatic carbocycles. The van der Waals surface area contributed by atoms with Crippen molar-refractivity contribution in [1.82, 2.24) is 0 Å². The number of allylic oxidation sites excluding steroid dienone is 3. The van der Waals surface area contributed by atoms with Crippen LogP contribution in [0.15, 0.2) is 23.5 Å². The summed E-state index contributed by atoms with van der Waals surface area (Å²) < 4.78 is 0. The lowest BCUT2D eigenvalue weighted by molar-refractivity contribution is -0.158. The van der Waals surface area contributed by atoms with Crippen molar-refractivity contribution in [2.45, 2.75) is 76.9 Å². The van der Waals surface area contributed by atoms with Gasteiger partial charge in [0, 0.05) is 5.57 Å². The van der Waals surface area contributed by atoms with Crippen LogP contribution in [0.5, 0.6) is 0 Å². The van der Waals surface area contributed by atoms with Crippen molar-refractivity contribution >= 4 is 11.8 Å². The number of carbonyl (C=O) groups excluding carboxylic acids is 1. The van der Waals surface area contributed by atoms with Gasteiger partial charge < -0.3 is 20.4 Å². The number of fused-ring (bicyclic) bond motifs is 1. The maximum atomic E-state index is 12.3. The molecule has 0 aromatic heterocycles. The molecule has 0 bridgehead atoms. The van der Waals surface area contributed by atoms with Gasteiger partial charge in [-0.15, -0.1) is 0 Å². The average molecular weight is 392 g/mol. The summed E-state index contributed by atoms with van der Waals surface area (Å²) in [4.78, 5) is 23.8. The van der Waals surface area contributed by atoms with E-state index >= 15 is 0 Å². The molecule has 3 aliphatic carbocycles. The van der Waals surface area contributed by atoms with Crippen molar-refractivity contribution in [2.75, 3.05) is 0 Å². The van der Waals surface area contributed by atoms with Gasteiger partial charge in [-0.05, 0) is 74.2 Å². The van der Waals surface area contributed by atoms with Crippen LogP contribution in [0.1, 0.15) is 65.2 Å². The summed E-state index contributed by atoms with van der Waals surface area (Å²) in [5.41, 5.74) is -0.759. The van der Waals surface area contributed by atoms with Crippen LogP contribution >= 0.6 is 0 Å². The van der Waals surface area contributed by atoms with Gasteiger partial charge in [-0.25, -0.2) is 4.79 Å². The van der Waals surface area contributed by atoms with Crippen LogP contribution in [0.3, 0.4) is 0 Å². The van der Waals surface area contributed by atoms with Gasteiger partial charge in [-0.2, -0.15) is 0 Å². The van der Waals surface area contributed by atoms with Gasteiger partial charge in [0.1, 0.15) is 0 Å². The molecular formula is C22H32O6. The third kappa shape index (κ3) is 3.41. The Labute approximate surface area is 166 Å². The van der Waals surface area contributed by atoms with E-state index in [1.54, 1.807) is 6.08 Å². The molecular weight excluding hydrogens is 360 g/mol. The van der Waals surface area contributed by atoms with E-state index in [9.17, 15) is 30.0 Å². The lowest BCUT2D eigenvalue weighted by atomic mass is 9.52. The summed E-state index contributed by atoms with van der Waals surface area (Å²) in [7, 11) is 0. The maximum absolute atomic E-state index is 12.3. The van der Waals surface area contributed by atoms with Crippen molar-refractivity contribution in [2.24, 2.45) is 23.2 Å². The molecule has 156 valence electrons. The number of carboxylic acids is 1. The minimum atomic E-state index is -1.68. The molecule has 3 rings (SSSR count). The normalized spacial score (nSPS) is 40.9. The molecule has 0 aromatic rings. The Kier molecular flexibility index (Phi) is 5.74. The molecule has 3 unspecified atom stereocenters. The molecule has 3 aliphatic rings. The molecule has 6 nitrogen and oxygen atoms in total. The summed E-state index contributed by atoms with van der Waals surface area (Å²) in [6, 6.07) is 0. The van der Waals surface area contributed by atoms with Gasteiger partial charge in [-0.1, -0.05) is 25.8 Å². The molecule has 2 fully saturated rings. The molecule has 0 heterocycles. The zero-order valence-electron chi connectivity index (χ0n) is 16.7. The second kappa shape index (κ2) is 7.64. The minimum Gasteiger partial charge on any atom is -0.515 e. The molecule has 28 heavy (non-hydrogen) atoms. The average Bonchev–Trinajstić information content (AvgIpc) is 3.04. The van der Waals surface area contributed by atoms with Crippen LogP contribution in [-0.4, -0.2) is 43.9 Å². The van der Waals surface area contributed by atoms with E-state index in [-0.39, 0.29) is 36.4 Å². The third-order valence-electron chi connectivity index (χ3n) is 7.54. The van der Waals surface area contributed by atoms with Gasteiger partial charge in [0.2, 0.25) is 0 Å². The quantitative estimate of drug-likeness (QED) is 0.422. The van der Waals surface area contributed by atoms with Crippen LogP contribution in [-0.2, 0) is 9.59 Å². The Hall–Kier alpha value is -1.66. The molecule has 4 N–H and O–H groups in total. The lowest BCUT2D eigenvalue weighted by Gasteiger charge is -2.53. The van der Waals surface area contributed by atoms with Crippen LogP contribution < -0.4 is 0 Å². The topological polar surface area (TPSA) is 115 Å². The predicted molar refractivity (Wildman–Crippen MR) is 104 cm³/mol. The first-order valence-electron chi connectivity index (χ1n) is 10.4. The molecule has 0 amide bonds. The first-order chi connectivity index (χ1) is 13.2. The summed E-state index contributed by atoms with van der Waals surface area (Å²) in [6.45, 7) is 4.07. The number of carboxylic acid groups (broad SMARTS) is 1. The number of aliphatic hydroxyl groups excluding tert-OH is 2. The maximum Gasteiger partial charge on any atom is 0.335 e. The number of rotatable bonds is 5. The van der Waals surface area contributed by atoms with Crippen LogP contribution in [0, 0.1) is 23.2 Å². The van der Waals surface area contributed by atoms with Gasteiger partial charge >= 0.3 is 5.97 Å². The van der Waals surface area contributed by atoms with E-state index in [0.29, 0.717) is 24.8 Å². The Bertz CT molecular complexity index is 710.